The van der Waals surface area contributed by atoms with E-state index in [1.165, 1.54) is 0 Å². The summed E-state index contributed by atoms with van der Waals surface area (Å²) in [6, 6.07) is 8.68. The lowest BCUT2D eigenvalue weighted by Crippen LogP contribution is -2.45. The summed E-state index contributed by atoms with van der Waals surface area (Å²) in [4.78, 5) is 0. The van der Waals surface area contributed by atoms with Crippen LogP contribution in [0.4, 0.5) is 0 Å². The number of rotatable bonds is 3. The molecule has 0 atom stereocenters. The van der Waals surface area contributed by atoms with Crippen molar-refractivity contribution in [2.24, 2.45) is 0 Å². The summed E-state index contributed by atoms with van der Waals surface area (Å²) in [7, 11) is 2.00. The zero-order valence-electron chi connectivity index (χ0n) is 10.2. The van der Waals surface area contributed by atoms with Gasteiger partial charge in [0.1, 0.15) is 23.2 Å². The number of benzene rings is 1. The molecule has 1 aliphatic carbocycles. The number of hydrogen-bond donors (Lipinski definition) is 1. The Labute approximate surface area is 101 Å². The van der Waals surface area contributed by atoms with Crippen LogP contribution in [-0.4, -0.2) is 19.2 Å². The lowest BCUT2D eigenvalue weighted by atomic mass is 9.89. The highest BCUT2D eigenvalue weighted by Crippen LogP contribution is 2.29. The van der Waals surface area contributed by atoms with Crippen molar-refractivity contribution in [1.82, 2.24) is 5.32 Å². The van der Waals surface area contributed by atoms with Gasteiger partial charge in [0.05, 0.1) is 0 Å². The maximum atomic E-state index is 5.92. The fourth-order valence-corrected chi connectivity index (χ4v) is 2.32. The van der Waals surface area contributed by atoms with Gasteiger partial charge in [0.15, 0.2) is 0 Å². The van der Waals surface area contributed by atoms with Crippen molar-refractivity contribution >= 4 is 11.0 Å². The number of hydrogen-bond acceptors (Lipinski definition) is 3. The van der Waals surface area contributed by atoms with Gasteiger partial charge in [-0.3, -0.25) is 0 Å². The smallest absolute Gasteiger partial charge is 0.134 e. The molecule has 1 heterocycles. The molecule has 17 heavy (non-hydrogen) atoms. The largest absolute Gasteiger partial charge is 0.490 e. The summed E-state index contributed by atoms with van der Waals surface area (Å²) in [5.74, 6) is 1.88. The molecule has 1 aliphatic rings. The first kappa shape index (κ1) is 10.7. The van der Waals surface area contributed by atoms with Crippen molar-refractivity contribution in [3.63, 3.8) is 0 Å². The molecule has 1 aromatic heterocycles. The van der Waals surface area contributed by atoms with Gasteiger partial charge in [-0.25, -0.2) is 0 Å². The first-order chi connectivity index (χ1) is 8.24. The van der Waals surface area contributed by atoms with Crippen LogP contribution in [0.25, 0.3) is 11.0 Å². The molecule has 1 saturated carbocycles. The topological polar surface area (TPSA) is 34.4 Å². The molecule has 90 valence electrons. The van der Waals surface area contributed by atoms with Crippen LogP contribution in [0, 0.1) is 6.92 Å². The quantitative estimate of drug-likeness (QED) is 0.882. The standard InChI is InChI=1S/C14H17NO2/c1-9-5-10-6-12(3-4-14(10)16-9)17-13-7-11(8-13)15-2/h3-6,11,13,15H,7-8H2,1-2H3/t11-,13-. The van der Waals surface area contributed by atoms with Gasteiger partial charge in [0.2, 0.25) is 0 Å². The Morgan fingerprint density at radius 1 is 1.29 bits per heavy atom. The first-order valence-electron chi connectivity index (χ1n) is 6.09. The third kappa shape index (κ3) is 2.03. The second-order valence-corrected chi connectivity index (χ2v) is 4.75. The third-order valence-electron chi connectivity index (χ3n) is 3.42. The highest BCUT2D eigenvalue weighted by Gasteiger charge is 2.29. The van der Waals surface area contributed by atoms with E-state index in [4.69, 9.17) is 9.15 Å². The van der Waals surface area contributed by atoms with Gasteiger partial charge >= 0.3 is 0 Å². The molecular weight excluding hydrogens is 214 g/mol. The second-order valence-electron chi connectivity index (χ2n) is 4.75. The van der Waals surface area contributed by atoms with Crippen LogP contribution in [0.15, 0.2) is 28.7 Å². The van der Waals surface area contributed by atoms with E-state index in [1.54, 1.807) is 0 Å². The van der Waals surface area contributed by atoms with Gasteiger partial charge < -0.3 is 14.5 Å². The molecule has 3 heteroatoms. The van der Waals surface area contributed by atoms with E-state index in [0.717, 1.165) is 35.3 Å². The average Bonchev–Trinajstić information content (AvgIpc) is 2.62. The van der Waals surface area contributed by atoms with Crippen molar-refractivity contribution in [3.8, 4) is 5.75 Å². The molecule has 0 aliphatic heterocycles. The van der Waals surface area contributed by atoms with Crippen LogP contribution in [0.1, 0.15) is 18.6 Å². The molecule has 0 spiro atoms. The van der Waals surface area contributed by atoms with E-state index >= 15 is 0 Å². The summed E-state index contributed by atoms with van der Waals surface area (Å²) in [6.07, 6.45) is 2.55. The minimum atomic E-state index is 0.359. The molecule has 3 nitrogen and oxygen atoms in total. The van der Waals surface area contributed by atoms with Crippen LogP contribution in [0.5, 0.6) is 5.75 Å². The molecule has 0 bridgehead atoms. The zero-order valence-corrected chi connectivity index (χ0v) is 10.2. The average molecular weight is 231 g/mol. The molecule has 3 rings (SSSR count). The second kappa shape index (κ2) is 4.08. The Kier molecular flexibility index (Phi) is 2.56. The zero-order chi connectivity index (χ0) is 11.8. The van der Waals surface area contributed by atoms with Crippen LogP contribution >= 0.6 is 0 Å². The van der Waals surface area contributed by atoms with Gasteiger partial charge in [-0.2, -0.15) is 0 Å². The Bertz CT molecular complexity index is 526. The highest BCUT2D eigenvalue weighted by atomic mass is 16.5. The monoisotopic (exact) mass is 231 g/mol. The Morgan fingerprint density at radius 2 is 2.12 bits per heavy atom. The van der Waals surface area contributed by atoms with E-state index in [1.807, 2.05) is 32.2 Å². The molecule has 0 amide bonds. The lowest BCUT2D eigenvalue weighted by molar-refractivity contribution is 0.0886. The number of ether oxygens (including phenoxy) is 1. The Hall–Kier alpha value is -1.48. The Morgan fingerprint density at radius 3 is 2.88 bits per heavy atom. The predicted molar refractivity (Wildman–Crippen MR) is 67.4 cm³/mol. The van der Waals surface area contributed by atoms with Gasteiger partial charge in [-0.05, 0) is 51.1 Å². The van der Waals surface area contributed by atoms with E-state index in [0.29, 0.717) is 12.1 Å². The van der Waals surface area contributed by atoms with E-state index in [-0.39, 0.29) is 0 Å². The molecule has 2 aromatic rings. The van der Waals surface area contributed by atoms with Crippen molar-refractivity contribution in [2.45, 2.75) is 31.9 Å². The minimum Gasteiger partial charge on any atom is -0.490 e. The number of furan rings is 1. The molecule has 1 fully saturated rings. The van der Waals surface area contributed by atoms with Crippen molar-refractivity contribution < 1.29 is 9.15 Å². The Balaban J connectivity index is 1.73. The van der Waals surface area contributed by atoms with Gasteiger partial charge in [0.25, 0.3) is 0 Å². The summed E-state index contributed by atoms with van der Waals surface area (Å²) >= 11 is 0. The highest BCUT2D eigenvalue weighted by molar-refractivity contribution is 5.79. The van der Waals surface area contributed by atoms with Crippen molar-refractivity contribution in [3.05, 3.63) is 30.0 Å². The van der Waals surface area contributed by atoms with E-state index in [2.05, 4.69) is 11.4 Å². The summed E-state index contributed by atoms with van der Waals surface area (Å²) in [5, 5.41) is 4.37. The summed E-state index contributed by atoms with van der Waals surface area (Å²) in [5.41, 5.74) is 0.927. The van der Waals surface area contributed by atoms with Crippen LogP contribution < -0.4 is 10.1 Å². The fourth-order valence-electron chi connectivity index (χ4n) is 2.32. The summed E-state index contributed by atoms with van der Waals surface area (Å²) in [6.45, 7) is 1.96. The molecule has 1 aromatic carbocycles. The van der Waals surface area contributed by atoms with Crippen LogP contribution in [0.2, 0.25) is 0 Å². The van der Waals surface area contributed by atoms with Crippen LogP contribution in [0.3, 0.4) is 0 Å². The normalized spacial score (nSPS) is 23.6. The first-order valence-corrected chi connectivity index (χ1v) is 6.09. The maximum absolute atomic E-state index is 5.92. The molecular formula is C14H17NO2. The van der Waals surface area contributed by atoms with Crippen molar-refractivity contribution in [2.75, 3.05) is 7.05 Å². The third-order valence-corrected chi connectivity index (χ3v) is 3.42. The lowest BCUT2D eigenvalue weighted by Gasteiger charge is -2.35. The minimum absolute atomic E-state index is 0.359. The van der Waals surface area contributed by atoms with Gasteiger partial charge in [-0.1, -0.05) is 0 Å². The van der Waals surface area contributed by atoms with Gasteiger partial charge in [-0.15, -0.1) is 0 Å². The fraction of sp³-hybridized carbons (Fsp3) is 0.429. The van der Waals surface area contributed by atoms with Gasteiger partial charge in [0, 0.05) is 11.4 Å². The molecule has 0 saturated heterocycles. The summed E-state index contributed by atoms with van der Waals surface area (Å²) < 4.78 is 11.5. The molecule has 0 radical (unpaired) electrons. The maximum Gasteiger partial charge on any atom is 0.134 e. The SMILES string of the molecule is CN[C@H]1C[C@H](Oc2ccc3oc(C)cc3c2)C1. The number of fused-ring (bicyclic) bond motifs is 1. The van der Waals surface area contributed by atoms with E-state index < -0.39 is 0 Å². The van der Waals surface area contributed by atoms with E-state index in [9.17, 15) is 0 Å². The van der Waals surface area contributed by atoms with Crippen LogP contribution in [-0.2, 0) is 0 Å². The molecule has 1 N–H and O–H groups in total. The molecule has 0 unspecified atom stereocenters. The number of nitrogens with one attached hydrogen (secondary N) is 1. The number of aryl methyl sites for hydroxylation is 1. The predicted octanol–water partition coefficient (Wildman–Crippen LogP) is 2.87. The van der Waals surface area contributed by atoms with Crippen molar-refractivity contribution in [1.29, 1.82) is 0 Å².